The smallest absolute Gasteiger partial charge is 0.314 e. The Labute approximate surface area is 103 Å². The first-order valence-corrected chi connectivity index (χ1v) is 6.61. The highest BCUT2D eigenvalue weighted by atomic mass is 16.5. The minimum absolute atomic E-state index is 0.101. The van der Waals surface area contributed by atoms with Crippen LogP contribution in [0.4, 0.5) is 4.79 Å². The Morgan fingerprint density at radius 3 is 2.65 bits per heavy atom. The van der Waals surface area contributed by atoms with Crippen LogP contribution in [0.25, 0.3) is 0 Å². The fraction of sp³-hybridized carbons (Fsp3) is 0.917. The van der Waals surface area contributed by atoms with E-state index in [1.165, 1.54) is 0 Å². The summed E-state index contributed by atoms with van der Waals surface area (Å²) in [6, 6.07) is 0.269. The number of carbonyl (C=O) groups is 1. The van der Waals surface area contributed by atoms with Crippen molar-refractivity contribution in [2.75, 3.05) is 19.7 Å². The third-order valence-electron chi connectivity index (χ3n) is 3.02. The van der Waals surface area contributed by atoms with Crippen LogP contribution in [0, 0.1) is 0 Å². The summed E-state index contributed by atoms with van der Waals surface area (Å²) < 4.78 is 5.75. The quantitative estimate of drug-likeness (QED) is 0.609. The van der Waals surface area contributed by atoms with Crippen LogP contribution < -0.4 is 16.4 Å². The molecule has 0 spiro atoms. The van der Waals surface area contributed by atoms with Gasteiger partial charge in [-0.1, -0.05) is 0 Å². The Hall–Kier alpha value is -0.810. The normalized spacial score (nSPS) is 24.4. The Kier molecular flexibility index (Phi) is 6.96. The van der Waals surface area contributed by atoms with Crippen LogP contribution in [0.2, 0.25) is 0 Å². The average molecular weight is 243 g/mol. The van der Waals surface area contributed by atoms with Crippen LogP contribution in [0.1, 0.15) is 39.0 Å². The molecule has 1 saturated carbocycles. The predicted molar refractivity (Wildman–Crippen MR) is 67.9 cm³/mol. The second-order valence-corrected chi connectivity index (χ2v) is 4.55. The molecule has 0 atom stereocenters. The van der Waals surface area contributed by atoms with Gasteiger partial charge in [-0.05, 0) is 39.0 Å². The molecule has 0 aromatic rings. The predicted octanol–water partition coefficient (Wildman–Crippen LogP) is 0.982. The van der Waals surface area contributed by atoms with E-state index in [-0.39, 0.29) is 6.03 Å². The lowest BCUT2D eigenvalue weighted by Crippen LogP contribution is -2.36. The maximum atomic E-state index is 11.1. The molecule has 0 bridgehead atoms. The number of carbonyl (C=O) groups excluding carboxylic acids is 1. The van der Waals surface area contributed by atoms with Gasteiger partial charge in [-0.25, -0.2) is 4.79 Å². The highest BCUT2D eigenvalue weighted by Gasteiger charge is 2.18. The molecule has 0 aromatic carbocycles. The summed E-state index contributed by atoms with van der Waals surface area (Å²) in [5.41, 5.74) is 5.83. The highest BCUT2D eigenvalue weighted by Crippen LogP contribution is 2.19. The molecule has 0 unspecified atom stereocenters. The summed E-state index contributed by atoms with van der Waals surface area (Å²) in [4.78, 5) is 11.1. The van der Waals surface area contributed by atoms with Gasteiger partial charge in [0.05, 0.1) is 6.10 Å². The highest BCUT2D eigenvalue weighted by molar-refractivity contribution is 5.73. The summed E-state index contributed by atoms with van der Waals surface area (Å²) in [6.45, 7) is 3.94. The third-order valence-corrected chi connectivity index (χ3v) is 3.02. The van der Waals surface area contributed by atoms with Gasteiger partial charge >= 0.3 is 6.03 Å². The van der Waals surface area contributed by atoms with E-state index in [4.69, 9.17) is 10.5 Å². The standard InChI is InChI=1S/C12H25N3O2/c1-2-14-12(16)15-8-3-9-17-11-6-4-10(13)5-7-11/h10-11H,2-9,13H2,1H3,(H2,14,15,16). The number of nitrogens with two attached hydrogens (primary N) is 1. The van der Waals surface area contributed by atoms with Gasteiger partial charge in [0.15, 0.2) is 0 Å². The van der Waals surface area contributed by atoms with Gasteiger partial charge in [-0.3, -0.25) is 0 Å². The molecule has 0 aliphatic heterocycles. The number of rotatable bonds is 6. The molecule has 4 N–H and O–H groups in total. The van der Waals surface area contributed by atoms with Crippen LogP contribution in [0.3, 0.4) is 0 Å². The van der Waals surface area contributed by atoms with E-state index in [9.17, 15) is 4.79 Å². The van der Waals surface area contributed by atoms with Gasteiger partial charge < -0.3 is 21.1 Å². The molecule has 2 amide bonds. The summed E-state index contributed by atoms with van der Waals surface area (Å²) in [5, 5.41) is 5.46. The zero-order valence-electron chi connectivity index (χ0n) is 10.7. The molecule has 0 heterocycles. The Balaban J connectivity index is 1.92. The van der Waals surface area contributed by atoms with Crippen molar-refractivity contribution in [2.45, 2.75) is 51.2 Å². The van der Waals surface area contributed by atoms with Crippen molar-refractivity contribution in [2.24, 2.45) is 5.73 Å². The molecule has 100 valence electrons. The van der Waals surface area contributed by atoms with E-state index < -0.39 is 0 Å². The van der Waals surface area contributed by atoms with E-state index in [0.717, 1.165) is 32.1 Å². The van der Waals surface area contributed by atoms with Crippen LogP contribution in [0.5, 0.6) is 0 Å². The van der Waals surface area contributed by atoms with Crippen molar-refractivity contribution >= 4 is 6.03 Å². The monoisotopic (exact) mass is 243 g/mol. The van der Waals surface area contributed by atoms with Gasteiger partial charge in [0.1, 0.15) is 0 Å². The maximum absolute atomic E-state index is 11.1. The topological polar surface area (TPSA) is 76.4 Å². The summed E-state index contributed by atoms with van der Waals surface area (Å²) in [6.07, 6.45) is 5.53. The minimum atomic E-state index is -0.101. The van der Waals surface area contributed by atoms with Gasteiger partial charge in [0, 0.05) is 25.7 Å². The molecule has 1 aliphatic rings. The number of hydrogen-bond acceptors (Lipinski definition) is 3. The largest absolute Gasteiger partial charge is 0.378 e. The van der Waals surface area contributed by atoms with Crippen molar-refractivity contribution < 1.29 is 9.53 Å². The first kappa shape index (κ1) is 14.3. The van der Waals surface area contributed by atoms with Crippen LogP contribution >= 0.6 is 0 Å². The van der Waals surface area contributed by atoms with Crippen LogP contribution in [-0.4, -0.2) is 37.9 Å². The second-order valence-electron chi connectivity index (χ2n) is 4.55. The zero-order chi connectivity index (χ0) is 12.5. The molecular formula is C12H25N3O2. The SMILES string of the molecule is CCNC(=O)NCCCOC1CCC(N)CC1. The minimum Gasteiger partial charge on any atom is -0.378 e. The van der Waals surface area contributed by atoms with Crippen molar-refractivity contribution in [3.63, 3.8) is 0 Å². The lowest BCUT2D eigenvalue weighted by molar-refractivity contribution is 0.0243. The van der Waals surface area contributed by atoms with E-state index in [2.05, 4.69) is 10.6 Å². The number of urea groups is 1. The summed E-state index contributed by atoms with van der Waals surface area (Å²) in [5.74, 6) is 0. The summed E-state index contributed by atoms with van der Waals surface area (Å²) in [7, 11) is 0. The van der Waals surface area contributed by atoms with Gasteiger partial charge in [-0.15, -0.1) is 0 Å². The van der Waals surface area contributed by atoms with Crippen LogP contribution in [0.15, 0.2) is 0 Å². The average Bonchev–Trinajstić information content (AvgIpc) is 2.31. The Bertz CT molecular complexity index is 216. The van der Waals surface area contributed by atoms with E-state index in [0.29, 0.717) is 31.8 Å². The molecule has 5 heteroatoms. The molecule has 17 heavy (non-hydrogen) atoms. The zero-order valence-corrected chi connectivity index (χ0v) is 10.7. The molecular weight excluding hydrogens is 218 g/mol. The fourth-order valence-corrected chi connectivity index (χ4v) is 2.00. The number of ether oxygens (including phenoxy) is 1. The number of nitrogens with one attached hydrogen (secondary N) is 2. The lowest BCUT2D eigenvalue weighted by atomic mass is 9.94. The molecule has 5 nitrogen and oxygen atoms in total. The second kappa shape index (κ2) is 8.31. The molecule has 0 aromatic heterocycles. The molecule has 0 radical (unpaired) electrons. The number of amides is 2. The van der Waals surface area contributed by atoms with Gasteiger partial charge in [0.25, 0.3) is 0 Å². The summed E-state index contributed by atoms with van der Waals surface area (Å²) >= 11 is 0. The lowest BCUT2D eigenvalue weighted by Gasteiger charge is -2.26. The first-order chi connectivity index (χ1) is 8.22. The van der Waals surface area contributed by atoms with E-state index >= 15 is 0 Å². The van der Waals surface area contributed by atoms with Gasteiger partial charge in [0.2, 0.25) is 0 Å². The van der Waals surface area contributed by atoms with Crippen molar-refractivity contribution in [1.29, 1.82) is 0 Å². The van der Waals surface area contributed by atoms with Crippen LogP contribution in [-0.2, 0) is 4.74 Å². The van der Waals surface area contributed by atoms with Gasteiger partial charge in [-0.2, -0.15) is 0 Å². The maximum Gasteiger partial charge on any atom is 0.314 e. The van der Waals surface area contributed by atoms with Crippen molar-refractivity contribution in [3.05, 3.63) is 0 Å². The fourth-order valence-electron chi connectivity index (χ4n) is 2.00. The Morgan fingerprint density at radius 2 is 2.00 bits per heavy atom. The Morgan fingerprint density at radius 1 is 1.29 bits per heavy atom. The molecule has 1 aliphatic carbocycles. The van der Waals surface area contributed by atoms with E-state index in [1.54, 1.807) is 0 Å². The van der Waals surface area contributed by atoms with Crippen molar-refractivity contribution in [3.8, 4) is 0 Å². The first-order valence-electron chi connectivity index (χ1n) is 6.61. The van der Waals surface area contributed by atoms with Crippen molar-refractivity contribution in [1.82, 2.24) is 10.6 Å². The number of hydrogen-bond donors (Lipinski definition) is 3. The molecule has 1 fully saturated rings. The molecule has 1 rings (SSSR count). The molecule has 0 saturated heterocycles. The van der Waals surface area contributed by atoms with E-state index in [1.807, 2.05) is 6.92 Å². The third kappa shape index (κ3) is 6.48.